The lowest BCUT2D eigenvalue weighted by Gasteiger charge is -2.25. The molecule has 12 heteroatoms. The number of hydrogen-bond donors (Lipinski definition) is 1. The molecular weight excluding hydrogens is 663 g/mol. The minimum atomic E-state index is -1.07. The molecule has 10 nitrogen and oxygen atoms in total. The van der Waals surface area contributed by atoms with E-state index < -0.39 is 23.5 Å². The lowest BCUT2D eigenvalue weighted by atomic mass is 9.95. The Bertz CT molecular complexity index is 2020. The molecule has 3 aromatic carbocycles. The second-order valence-corrected chi connectivity index (χ2v) is 14.1. The molecule has 1 amide bonds. The van der Waals surface area contributed by atoms with Gasteiger partial charge in [-0.15, -0.1) is 10.2 Å². The number of anilines is 1. The number of aryl methyl sites for hydroxylation is 1. The average molecular weight is 700 g/mol. The fourth-order valence-electron chi connectivity index (χ4n) is 5.47. The van der Waals surface area contributed by atoms with Crippen LogP contribution in [0, 0.1) is 12.8 Å². The number of furan rings is 1. The van der Waals surface area contributed by atoms with Crippen molar-refractivity contribution < 1.29 is 33.3 Å². The monoisotopic (exact) mass is 699 g/mol. The summed E-state index contributed by atoms with van der Waals surface area (Å²) in [7, 11) is 1.51. The third kappa shape index (κ3) is 7.16. The number of fused-ring (bicyclic) bond motifs is 1. The minimum absolute atomic E-state index is 0.0500. The van der Waals surface area contributed by atoms with Gasteiger partial charge in [0.25, 0.3) is 5.91 Å². The summed E-state index contributed by atoms with van der Waals surface area (Å²) < 4.78 is 24.1. The summed E-state index contributed by atoms with van der Waals surface area (Å²) in [5.74, 6) is 0.397. The highest BCUT2D eigenvalue weighted by atomic mass is 32.2. The summed E-state index contributed by atoms with van der Waals surface area (Å²) >= 11 is 2.70. The van der Waals surface area contributed by atoms with Crippen LogP contribution >= 0.6 is 23.1 Å². The maximum absolute atomic E-state index is 14.3. The van der Waals surface area contributed by atoms with Gasteiger partial charge in [-0.3, -0.25) is 14.5 Å². The number of Topliss-reactive ketones (excluding diaryl/α,β-unsaturated/α-hetero) is 1. The van der Waals surface area contributed by atoms with Crippen LogP contribution < -0.4 is 19.1 Å². The molecule has 49 heavy (non-hydrogen) atoms. The van der Waals surface area contributed by atoms with E-state index in [2.05, 4.69) is 48.3 Å². The SMILES string of the molecule is CCOc1cc(C2C(C(=O)c3cc4cccc(OC)c4o3)=C(O)C(=O)N2c2nnc(SCc3ccc(C)cc3)s2)ccc1OCCC(C)C. The lowest BCUT2D eigenvalue weighted by Crippen LogP contribution is -2.31. The molecular formula is C37H37N3O7S2. The molecule has 1 aliphatic heterocycles. The quantitative estimate of drug-likeness (QED) is 0.0685. The van der Waals surface area contributed by atoms with Crippen molar-refractivity contribution >= 4 is 50.9 Å². The number of amides is 1. The van der Waals surface area contributed by atoms with Crippen LogP contribution in [0.2, 0.25) is 0 Å². The molecule has 0 saturated carbocycles. The molecule has 1 atom stereocenters. The number of thioether (sulfide) groups is 1. The summed E-state index contributed by atoms with van der Waals surface area (Å²) in [5.41, 5.74) is 3.04. The first-order chi connectivity index (χ1) is 23.7. The topological polar surface area (TPSA) is 124 Å². The van der Waals surface area contributed by atoms with Crippen molar-refractivity contribution in [3.63, 3.8) is 0 Å². The number of hydrogen-bond acceptors (Lipinski definition) is 11. The van der Waals surface area contributed by atoms with Gasteiger partial charge in [-0.25, -0.2) is 0 Å². The molecule has 0 radical (unpaired) electrons. The molecule has 0 spiro atoms. The van der Waals surface area contributed by atoms with Gasteiger partial charge in [0.1, 0.15) is 0 Å². The van der Waals surface area contributed by atoms with Gasteiger partial charge >= 0.3 is 0 Å². The van der Waals surface area contributed by atoms with Crippen LogP contribution in [0.1, 0.15) is 60.5 Å². The fraction of sp³-hybridized carbons (Fsp3) is 0.297. The number of aliphatic hydroxyl groups excluding tert-OH is 1. The summed E-state index contributed by atoms with van der Waals surface area (Å²) in [6.07, 6.45) is 0.858. The first-order valence-electron chi connectivity index (χ1n) is 16.0. The number of ketones is 1. The van der Waals surface area contributed by atoms with Crippen LogP contribution in [0.25, 0.3) is 11.0 Å². The van der Waals surface area contributed by atoms with Crippen LogP contribution in [-0.2, 0) is 10.5 Å². The third-order valence-corrected chi connectivity index (χ3v) is 10.2. The molecule has 0 saturated heterocycles. The number of carbonyl (C=O) groups is 2. The van der Waals surface area contributed by atoms with Gasteiger partial charge in [-0.05, 0) is 61.6 Å². The van der Waals surface area contributed by atoms with E-state index in [1.165, 1.54) is 40.7 Å². The highest BCUT2D eigenvalue weighted by molar-refractivity contribution is 8.00. The van der Waals surface area contributed by atoms with Gasteiger partial charge in [-0.1, -0.05) is 85.0 Å². The highest BCUT2D eigenvalue weighted by Crippen LogP contribution is 2.46. The number of carbonyl (C=O) groups excluding carboxylic acids is 2. The molecule has 0 bridgehead atoms. The van der Waals surface area contributed by atoms with Crippen LogP contribution in [-0.4, -0.2) is 47.3 Å². The lowest BCUT2D eigenvalue weighted by molar-refractivity contribution is -0.117. The van der Waals surface area contributed by atoms with E-state index in [-0.39, 0.29) is 16.5 Å². The summed E-state index contributed by atoms with van der Waals surface area (Å²) in [4.78, 5) is 29.5. The van der Waals surface area contributed by atoms with Crippen molar-refractivity contribution in [3.8, 4) is 17.2 Å². The number of methoxy groups -OCH3 is 1. The summed E-state index contributed by atoms with van der Waals surface area (Å²) in [5, 5.41) is 21.0. The van der Waals surface area contributed by atoms with E-state index in [9.17, 15) is 14.7 Å². The smallest absolute Gasteiger partial charge is 0.296 e. The molecule has 1 unspecified atom stereocenters. The van der Waals surface area contributed by atoms with Gasteiger partial charge in [0.05, 0.1) is 31.9 Å². The zero-order valence-corrected chi connectivity index (χ0v) is 29.5. The third-order valence-electron chi connectivity index (χ3n) is 8.03. The Hall–Kier alpha value is -4.81. The van der Waals surface area contributed by atoms with E-state index in [0.29, 0.717) is 63.0 Å². The Morgan fingerprint density at radius 1 is 1.04 bits per heavy atom. The Kier molecular flexibility index (Phi) is 10.3. The molecule has 6 rings (SSSR count). The first-order valence-corrected chi connectivity index (χ1v) is 17.8. The predicted octanol–water partition coefficient (Wildman–Crippen LogP) is 8.50. The first kappa shape index (κ1) is 34.1. The van der Waals surface area contributed by atoms with Gasteiger partial charge in [0.2, 0.25) is 10.9 Å². The second-order valence-electron chi connectivity index (χ2n) is 12.0. The Morgan fingerprint density at radius 3 is 2.57 bits per heavy atom. The van der Waals surface area contributed by atoms with E-state index in [1.54, 1.807) is 42.5 Å². The number of aliphatic hydroxyl groups is 1. The molecule has 5 aromatic rings. The van der Waals surface area contributed by atoms with Gasteiger partial charge < -0.3 is 23.7 Å². The van der Waals surface area contributed by atoms with Crippen molar-refractivity contribution in [1.29, 1.82) is 0 Å². The largest absolute Gasteiger partial charge is 0.503 e. The summed E-state index contributed by atoms with van der Waals surface area (Å²) in [6, 6.07) is 19.3. The molecule has 0 fully saturated rings. The van der Waals surface area contributed by atoms with Crippen molar-refractivity contribution in [3.05, 3.63) is 101 Å². The van der Waals surface area contributed by atoms with Crippen molar-refractivity contribution in [2.75, 3.05) is 25.2 Å². The second kappa shape index (κ2) is 14.8. The van der Waals surface area contributed by atoms with Crippen molar-refractivity contribution in [1.82, 2.24) is 10.2 Å². The van der Waals surface area contributed by atoms with Gasteiger partial charge in [0, 0.05) is 11.1 Å². The molecule has 254 valence electrons. The highest BCUT2D eigenvalue weighted by Gasteiger charge is 2.47. The van der Waals surface area contributed by atoms with Gasteiger partial charge in [0.15, 0.2) is 38.7 Å². The van der Waals surface area contributed by atoms with E-state index in [4.69, 9.17) is 18.6 Å². The Balaban J connectivity index is 1.39. The molecule has 1 aliphatic rings. The Morgan fingerprint density at radius 2 is 1.84 bits per heavy atom. The molecule has 2 aromatic heterocycles. The van der Waals surface area contributed by atoms with Crippen LogP contribution in [0.4, 0.5) is 5.13 Å². The van der Waals surface area contributed by atoms with Crippen molar-refractivity contribution in [2.24, 2.45) is 5.92 Å². The Labute approximate surface area is 292 Å². The van der Waals surface area contributed by atoms with Crippen molar-refractivity contribution in [2.45, 2.75) is 50.3 Å². The number of benzene rings is 3. The zero-order valence-electron chi connectivity index (χ0n) is 27.9. The fourth-order valence-corrected chi connectivity index (χ4v) is 7.29. The van der Waals surface area contributed by atoms with E-state index in [0.717, 1.165) is 12.0 Å². The van der Waals surface area contributed by atoms with Crippen LogP contribution in [0.3, 0.4) is 0 Å². The minimum Gasteiger partial charge on any atom is -0.503 e. The zero-order chi connectivity index (χ0) is 34.7. The molecule has 1 N–H and O–H groups in total. The molecule has 3 heterocycles. The summed E-state index contributed by atoms with van der Waals surface area (Å²) in [6.45, 7) is 9.01. The van der Waals surface area contributed by atoms with E-state index in [1.807, 2.05) is 13.8 Å². The maximum atomic E-state index is 14.3. The van der Waals surface area contributed by atoms with Crippen LogP contribution in [0.5, 0.6) is 17.2 Å². The normalized spacial score (nSPS) is 14.7. The number of aromatic nitrogens is 2. The predicted molar refractivity (Wildman–Crippen MR) is 190 cm³/mol. The number of ether oxygens (including phenoxy) is 3. The number of nitrogens with zero attached hydrogens (tertiary/aromatic N) is 3. The van der Waals surface area contributed by atoms with E-state index >= 15 is 0 Å². The average Bonchev–Trinajstić information content (AvgIpc) is 3.81. The maximum Gasteiger partial charge on any atom is 0.296 e. The van der Waals surface area contributed by atoms with Crippen LogP contribution in [0.15, 0.2) is 86.8 Å². The number of rotatable bonds is 14. The van der Waals surface area contributed by atoms with Gasteiger partial charge in [-0.2, -0.15) is 0 Å². The standard InChI is InChI=1S/C37H37N3O7S2/c1-6-45-28-18-24(14-15-26(28)46-17-16-21(2)3)31-30(32(41)29-19-25-8-7-9-27(44-5)34(25)47-29)33(42)35(43)40(31)36-38-39-37(49-36)48-20-23-12-10-22(4)11-13-23/h7-15,18-19,21,31,42H,6,16-17,20H2,1-5H3. The molecule has 0 aliphatic carbocycles. The number of para-hydroxylation sites is 1.